The van der Waals surface area contributed by atoms with Crippen LogP contribution in [0.2, 0.25) is 0 Å². The van der Waals surface area contributed by atoms with E-state index in [1.165, 1.54) is 180 Å². The Balaban J connectivity index is 4.51. The van der Waals surface area contributed by atoms with Gasteiger partial charge in [-0.2, -0.15) is 0 Å². The number of hydrogen-bond acceptors (Lipinski definition) is 5. The van der Waals surface area contributed by atoms with Gasteiger partial charge in [0.1, 0.15) is 6.10 Å². The van der Waals surface area contributed by atoms with Gasteiger partial charge in [0, 0.05) is 6.42 Å². The molecule has 66 heavy (non-hydrogen) atoms. The Morgan fingerprint density at radius 3 is 1.24 bits per heavy atom. The van der Waals surface area contributed by atoms with E-state index >= 15 is 0 Å². The molecule has 3 atom stereocenters. The Hall–Kier alpha value is -1.92. The lowest BCUT2D eigenvalue weighted by Crippen LogP contribution is -2.46. The number of amides is 1. The number of nitrogens with one attached hydrogen (secondary N) is 1. The number of allylic oxidation sites excluding steroid dienone is 6. The summed E-state index contributed by atoms with van der Waals surface area (Å²) >= 11 is 0. The van der Waals surface area contributed by atoms with E-state index in [1.807, 2.05) is 0 Å². The molecule has 0 heterocycles. The predicted molar refractivity (Wildman–Crippen MR) is 287 cm³/mol. The fraction of sp³-hybridized carbons (Fsp3) is 0.867. The number of unbranched alkanes of at least 4 members (excludes halogenated alkanes) is 35. The molecule has 0 aromatic rings. The molecule has 0 bridgehead atoms. The number of esters is 1. The molecule has 0 aromatic carbocycles. The molecular weight excluding hydrogens is 815 g/mol. The summed E-state index contributed by atoms with van der Waals surface area (Å²) in [6, 6.07) is -0.707. The molecule has 0 aliphatic heterocycles. The zero-order chi connectivity index (χ0) is 48.1. The van der Waals surface area contributed by atoms with Crippen LogP contribution in [0.1, 0.15) is 310 Å². The SMILES string of the molecule is CC/C=C/C/C=C/C/C=C/CCCCCCC(CC(=O)NC(CO)C(O)CCCCCCCCCCCCCCCCC)OC(=O)CCCCCCCCCCCCCCCCCCCC. The Labute approximate surface area is 411 Å². The van der Waals surface area contributed by atoms with Crippen LogP contribution in [-0.2, 0) is 14.3 Å². The molecule has 1 amide bonds. The van der Waals surface area contributed by atoms with Crippen LogP contribution in [0.3, 0.4) is 0 Å². The van der Waals surface area contributed by atoms with Gasteiger partial charge in [-0.05, 0) is 57.8 Å². The van der Waals surface area contributed by atoms with Crippen molar-refractivity contribution in [2.24, 2.45) is 0 Å². The number of ether oxygens (including phenoxy) is 1. The van der Waals surface area contributed by atoms with E-state index in [2.05, 4.69) is 62.5 Å². The minimum absolute atomic E-state index is 0.0670. The predicted octanol–water partition coefficient (Wildman–Crippen LogP) is 18.0. The molecule has 0 rings (SSSR count). The number of rotatable bonds is 53. The van der Waals surface area contributed by atoms with Crippen LogP contribution in [0.5, 0.6) is 0 Å². The highest BCUT2D eigenvalue weighted by Crippen LogP contribution is 2.19. The Bertz CT molecular complexity index is 1090. The summed E-state index contributed by atoms with van der Waals surface area (Å²) < 4.78 is 5.96. The average Bonchev–Trinajstić information content (AvgIpc) is 3.31. The largest absolute Gasteiger partial charge is 0.462 e. The third-order valence-corrected chi connectivity index (χ3v) is 13.5. The van der Waals surface area contributed by atoms with Crippen LogP contribution in [0.4, 0.5) is 0 Å². The molecule has 0 spiro atoms. The van der Waals surface area contributed by atoms with Crippen molar-refractivity contribution in [2.75, 3.05) is 6.61 Å². The standard InChI is InChI=1S/C60H113NO5/c1-4-7-10-13-16-19-22-25-28-29-30-32-35-38-41-44-47-50-53-60(65)66-56(51-48-45-42-39-36-33-27-24-21-18-15-12-9-6-3)54-59(64)61-57(55-62)58(63)52-49-46-43-40-37-34-31-26-23-20-17-14-11-8-5-2/h9,12,18,21,27,33,56-58,62-63H,4-8,10-11,13-17,19-20,22-26,28-32,34-55H2,1-3H3,(H,61,64)/b12-9+,21-18+,33-27+. The second-order valence-electron chi connectivity index (χ2n) is 20.0. The molecule has 6 nitrogen and oxygen atoms in total. The molecule has 0 aliphatic carbocycles. The van der Waals surface area contributed by atoms with Gasteiger partial charge >= 0.3 is 5.97 Å². The van der Waals surface area contributed by atoms with Crippen LogP contribution >= 0.6 is 0 Å². The first-order chi connectivity index (χ1) is 32.5. The lowest BCUT2D eigenvalue weighted by atomic mass is 10.0. The summed E-state index contributed by atoms with van der Waals surface area (Å²) in [6.07, 6.45) is 65.0. The summed E-state index contributed by atoms with van der Waals surface area (Å²) in [5.74, 6) is -0.479. The van der Waals surface area contributed by atoms with E-state index in [0.29, 0.717) is 19.3 Å². The molecule has 3 unspecified atom stereocenters. The second-order valence-corrected chi connectivity index (χ2v) is 20.0. The summed E-state index contributed by atoms with van der Waals surface area (Å²) in [6.45, 7) is 6.41. The highest BCUT2D eigenvalue weighted by molar-refractivity contribution is 5.77. The van der Waals surface area contributed by atoms with Crippen molar-refractivity contribution >= 4 is 11.9 Å². The maximum Gasteiger partial charge on any atom is 0.306 e. The van der Waals surface area contributed by atoms with Gasteiger partial charge in [-0.25, -0.2) is 0 Å². The molecule has 3 N–H and O–H groups in total. The quantitative estimate of drug-likeness (QED) is 0.0321. The van der Waals surface area contributed by atoms with E-state index in [0.717, 1.165) is 83.5 Å². The number of hydrogen-bond donors (Lipinski definition) is 3. The minimum Gasteiger partial charge on any atom is -0.462 e. The first-order valence-corrected chi connectivity index (χ1v) is 29.2. The molecule has 0 radical (unpaired) electrons. The number of carbonyl (C=O) groups is 2. The van der Waals surface area contributed by atoms with Crippen molar-refractivity contribution < 1.29 is 24.5 Å². The van der Waals surface area contributed by atoms with Gasteiger partial charge in [0.05, 0.1) is 25.2 Å². The minimum atomic E-state index is -0.792. The first-order valence-electron chi connectivity index (χ1n) is 29.2. The van der Waals surface area contributed by atoms with Crippen LogP contribution in [0.15, 0.2) is 36.5 Å². The number of aliphatic hydroxyl groups excluding tert-OH is 2. The summed E-state index contributed by atoms with van der Waals surface area (Å²) in [5.41, 5.74) is 0. The van der Waals surface area contributed by atoms with Gasteiger partial charge in [0.15, 0.2) is 0 Å². The summed E-state index contributed by atoms with van der Waals surface area (Å²) in [7, 11) is 0. The van der Waals surface area contributed by atoms with Gasteiger partial charge < -0.3 is 20.3 Å². The lowest BCUT2D eigenvalue weighted by molar-refractivity contribution is -0.151. The van der Waals surface area contributed by atoms with E-state index in [-0.39, 0.29) is 24.9 Å². The number of carbonyl (C=O) groups excluding carboxylic acids is 2. The molecule has 0 saturated carbocycles. The van der Waals surface area contributed by atoms with Gasteiger partial charge in [-0.1, -0.05) is 276 Å². The molecule has 6 heteroatoms. The van der Waals surface area contributed by atoms with Gasteiger partial charge in [0.2, 0.25) is 5.91 Å². The summed E-state index contributed by atoms with van der Waals surface area (Å²) in [5, 5.41) is 23.9. The van der Waals surface area contributed by atoms with Crippen LogP contribution in [0.25, 0.3) is 0 Å². The van der Waals surface area contributed by atoms with E-state index < -0.39 is 18.2 Å². The van der Waals surface area contributed by atoms with E-state index in [4.69, 9.17) is 4.74 Å². The normalized spacial score (nSPS) is 13.3. The molecule has 0 aliphatic rings. The zero-order valence-electron chi connectivity index (χ0n) is 44.3. The Morgan fingerprint density at radius 2 is 0.818 bits per heavy atom. The maximum atomic E-state index is 13.3. The van der Waals surface area contributed by atoms with Crippen LogP contribution in [0, 0.1) is 0 Å². The highest BCUT2D eigenvalue weighted by Gasteiger charge is 2.24. The van der Waals surface area contributed by atoms with Crippen LogP contribution < -0.4 is 5.32 Å². The monoisotopic (exact) mass is 928 g/mol. The number of aliphatic hydroxyl groups is 2. The van der Waals surface area contributed by atoms with Crippen molar-refractivity contribution in [3.05, 3.63) is 36.5 Å². The molecule has 388 valence electrons. The van der Waals surface area contributed by atoms with Crippen molar-refractivity contribution in [2.45, 2.75) is 328 Å². The molecule has 0 saturated heterocycles. The van der Waals surface area contributed by atoms with Gasteiger partial charge in [-0.15, -0.1) is 0 Å². The zero-order valence-corrected chi connectivity index (χ0v) is 44.3. The van der Waals surface area contributed by atoms with Gasteiger partial charge in [-0.3, -0.25) is 9.59 Å². The van der Waals surface area contributed by atoms with E-state index in [1.54, 1.807) is 0 Å². The smallest absolute Gasteiger partial charge is 0.306 e. The molecule has 0 aromatic heterocycles. The van der Waals surface area contributed by atoms with E-state index in [9.17, 15) is 19.8 Å². The third-order valence-electron chi connectivity index (χ3n) is 13.5. The van der Waals surface area contributed by atoms with Crippen molar-refractivity contribution in [1.29, 1.82) is 0 Å². The van der Waals surface area contributed by atoms with Crippen molar-refractivity contribution in [3.63, 3.8) is 0 Å². The van der Waals surface area contributed by atoms with Crippen LogP contribution in [-0.4, -0.2) is 46.9 Å². The fourth-order valence-electron chi connectivity index (χ4n) is 9.09. The average molecular weight is 929 g/mol. The van der Waals surface area contributed by atoms with Crippen molar-refractivity contribution in [1.82, 2.24) is 5.32 Å². The van der Waals surface area contributed by atoms with Crippen molar-refractivity contribution in [3.8, 4) is 0 Å². The Kier molecular flexibility index (Phi) is 52.5. The third kappa shape index (κ3) is 48.5. The second kappa shape index (κ2) is 54.0. The fourth-order valence-corrected chi connectivity index (χ4v) is 9.09. The highest BCUT2D eigenvalue weighted by atomic mass is 16.5. The Morgan fingerprint density at radius 1 is 0.455 bits per heavy atom. The lowest BCUT2D eigenvalue weighted by Gasteiger charge is -2.24. The summed E-state index contributed by atoms with van der Waals surface area (Å²) in [4.78, 5) is 26.3. The topological polar surface area (TPSA) is 95.9 Å². The molecule has 0 fully saturated rings. The maximum absolute atomic E-state index is 13.3. The van der Waals surface area contributed by atoms with Gasteiger partial charge in [0.25, 0.3) is 0 Å². The molecular formula is C60H113NO5. The first kappa shape index (κ1) is 64.1.